The molecule has 0 saturated carbocycles. The molecule has 1 radical (unpaired) electrons. The first-order chi connectivity index (χ1) is 7.61. The number of aryl methyl sites for hydroxylation is 1. The minimum absolute atomic E-state index is 0. The normalized spacial score (nSPS) is 9.06. The fourth-order valence-electron chi connectivity index (χ4n) is 1.09. The van der Waals surface area contributed by atoms with Gasteiger partial charge in [0.2, 0.25) is 0 Å². The Bertz CT molecular complexity index is 373. The molecule has 1 rings (SSSR count). The number of hydrogen-bond donors (Lipinski definition) is 0. The minimum atomic E-state index is -0.436. The number of ether oxygens (including phenoxy) is 2. The standard InChI is InChI=1S/C12H14O4.Na/c1-9-3-5-10(6-4-9)16-12(14)8-7-11(13)15-2;/h3-6H,7-8H2,1-2H3;. The Morgan fingerprint density at radius 3 is 2.12 bits per heavy atom. The molecule has 0 aliphatic heterocycles. The fraction of sp³-hybridized carbons (Fsp3) is 0.333. The molecule has 0 spiro atoms. The molecule has 0 heterocycles. The Kier molecular flexibility index (Phi) is 7.87. The molecule has 1 aromatic carbocycles. The van der Waals surface area contributed by atoms with Crippen molar-refractivity contribution in [1.82, 2.24) is 0 Å². The van der Waals surface area contributed by atoms with Crippen molar-refractivity contribution >= 4 is 41.5 Å². The number of esters is 2. The number of carbonyl (C=O) groups excluding carboxylic acids is 2. The molecule has 5 heteroatoms. The maximum atomic E-state index is 11.3. The van der Waals surface area contributed by atoms with Crippen molar-refractivity contribution in [2.24, 2.45) is 0 Å². The van der Waals surface area contributed by atoms with E-state index in [1.807, 2.05) is 19.1 Å². The number of benzene rings is 1. The van der Waals surface area contributed by atoms with E-state index in [0.717, 1.165) is 5.56 Å². The van der Waals surface area contributed by atoms with Crippen LogP contribution in [0.5, 0.6) is 5.75 Å². The van der Waals surface area contributed by atoms with Gasteiger partial charge in [-0.05, 0) is 19.1 Å². The van der Waals surface area contributed by atoms with Crippen molar-refractivity contribution in [2.45, 2.75) is 19.8 Å². The second-order valence-corrected chi connectivity index (χ2v) is 3.36. The van der Waals surface area contributed by atoms with Gasteiger partial charge in [0, 0.05) is 29.6 Å². The van der Waals surface area contributed by atoms with Crippen LogP contribution >= 0.6 is 0 Å². The number of methoxy groups -OCH3 is 1. The number of hydrogen-bond acceptors (Lipinski definition) is 4. The molecular formula is C12H14NaO4. The maximum Gasteiger partial charge on any atom is 0.311 e. The molecule has 0 aromatic heterocycles. The van der Waals surface area contributed by atoms with Crippen LogP contribution in [0.1, 0.15) is 18.4 Å². The van der Waals surface area contributed by atoms with Gasteiger partial charge in [0.25, 0.3) is 0 Å². The van der Waals surface area contributed by atoms with Crippen molar-refractivity contribution < 1.29 is 19.1 Å². The molecule has 0 aliphatic rings. The Morgan fingerprint density at radius 2 is 1.59 bits per heavy atom. The second kappa shape index (κ2) is 8.28. The predicted octanol–water partition coefficient (Wildman–Crippen LogP) is 1.47. The predicted molar refractivity (Wildman–Crippen MR) is 63.8 cm³/mol. The summed E-state index contributed by atoms with van der Waals surface area (Å²) in [4.78, 5) is 22.1. The quantitative estimate of drug-likeness (QED) is 0.458. The van der Waals surface area contributed by atoms with Crippen LogP contribution in [0.3, 0.4) is 0 Å². The zero-order valence-electron chi connectivity index (χ0n) is 10.4. The Labute approximate surface area is 123 Å². The number of carbonyl (C=O) groups is 2. The SMILES string of the molecule is COC(=O)CCC(=O)Oc1ccc(C)cc1.[Na]. The molecule has 0 fully saturated rings. The monoisotopic (exact) mass is 245 g/mol. The molecule has 0 atom stereocenters. The Morgan fingerprint density at radius 1 is 1.06 bits per heavy atom. The molecule has 4 nitrogen and oxygen atoms in total. The summed E-state index contributed by atoms with van der Waals surface area (Å²) in [6, 6.07) is 7.13. The van der Waals surface area contributed by atoms with Crippen molar-refractivity contribution in [3.63, 3.8) is 0 Å². The largest absolute Gasteiger partial charge is 0.469 e. The summed E-state index contributed by atoms with van der Waals surface area (Å²) in [5.41, 5.74) is 1.09. The molecule has 87 valence electrons. The average molecular weight is 245 g/mol. The third-order valence-corrected chi connectivity index (χ3v) is 2.01. The van der Waals surface area contributed by atoms with Gasteiger partial charge in [-0.3, -0.25) is 9.59 Å². The van der Waals surface area contributed by atoms with Crippen LogP contribution in [0.4, 0.5) is 0 Å². The molecule has 0 bridgehead atoms. The summed E-state index contributed by atoms with van der Waals surface area (Å²) < 4.78 is 9.44. The summed E-state index contributed by atoms with van der Waals surface area (Å²) in [5.74, 6) is -0.365. The molecule has 0 unspecified atom stereocenters. The van der Waals surface area contributed by atoms with Crippen LogP contribution in [-0.4, -0.2) is 48.6 Å². The maximum absolute atomic E-state index is 11.3. The van der Waals surface area contributed by atoms with Crippen molar-refractivity contribution in [2.75, 3.05) is 7.11 Å². The van der Waals surface area contributed by atoms with E-state index in [9.17, 15) is 9.59 Å². The molecule has 0 N–H and O–H groups in total. The Hall–Kier alpha value is -0.840. The summed E-state index contributed by atoms with van der Waals surface area (Å²) in [5, 5.41) is 0. The van der Waals surface area contributed by atoms with E-state index in [1.165, 1.54) is 7.11 Å². The molecular weight excluding hydrogens is 231 g/mol. The van der Waals surface area contributed by atoms with Crippen molar-refractivity contribution in [3.8, 4) is 5.75 Å². The first kappa shape index (κ1) is 16.2. The van der Waals surface area contributed by atoms with Gasteiger partial charge in [-0.25, -0.2) is 0 Å². The van der Waals surface area contributed by atoms with E-state index in [-0.39, 0.29) is 42.4 Å². The summed E-state index contributed by atoms with van der Waals surface area (Å²) in [6.45, 7) is 1.95. The van der Waals surface area contributed by atoms with Gasteiger partial charge in [0.1, 0.15) is 5.75 Å². The van der Waals surface area contributed by atoms with Crippen LogP contribution in [0.25, 0.3) is 0 Å². The summed E-state index contributed by atoms with van der Waals surface area (Å²) in [6.07, 6.45) is 0.0712. The zero-order chi connectivity index (χ0) is 12.0. The Balaban J connectivity index is 0.00000256. The second-order valence-electron chi connectivity index (χ2n) is 3.36. The van der Waals surface area contributed by atoms with Gasteiger partial charge in [-0.1, -0.05) is 17.7 Å². The molecule has 0 saturated heterocycles. The van der Waals surface area contributed by atoms with E-state index in [0.29, 0.717) is 5.75 Å². The average Bonchev–Trinajstić information content (AvgIpc) is 2.29. The smallest absolute Gasteiger partial charge is 0.311 e. The van der Waals surface area contributed by atoms with E-state index >= 15 is 0 Å². The molecule has 1 aromatic rings. The van der Waals surface area contributed by atoms with Gasteiger partial charge < -0.3 is 9.47 Å². The fourth-order valence-corrected chi connectivity index (χ4v) is 1.09. The van der Waals surface area contributed by atoms with Gasteiger partial charge >= 0.3 is 11.9 Å². The summed E-state index contributed by atoms with van der Waals surface area (Å²) in [7, 11) is 1.29. The zero-order valence-corrected chi connectivity index (χ0v) is 12.4. The van der Waals surface area contributed by atoms with E-state index in [1.54, 1.807) is 12.1 Å². The number of rotatable bonds is 4. The summed E-state index contributed by atoms with van der Waals surface area (Å²) >= 11 is 0. The third kappa shape index (κ3) is 6.46. The first-order valence-electron chi connectivity index (χ1n) is 4.96. The molecule has 0 amide bonds. The van der Waals surface area contributed by atoms with Gasteiger partial charge in [0.15, 0.2) is 0 Å². The van der Waals surface area contributed by atoms with Gasteiger partial charge in [0.05, 0.1) is 20.0 Å². The molecule has 0 aliphatic carbocycles. The molecule has 17 heavy (non-hydrogen) atoms. The topological polar surface area (TPSA) is 52.6 Å². The van der Waals surface area contributed by atoms with E-state index in [2.05, 4.69) is 4.74 Å². The van der Waals surface area contributed by atoms with Crippen LogP contribution in [0, 0.1) is 6.92 Å². The van der Waals surface area contributed by atoms with E-state index in [4.69, 9.17) is 4.74 Å². The van der Waals surface area contributed by atoms with E-state index < -0.39 is 11.9 Å². The van der Waals surface area contributed by atoms with Crippen LogP contribution in [0.2, 0.25) is 0 Å². The minimum Gasteiger partial charge on any atom is -0.469 e. The third-order valence-electron chi connectivity index (χ3n) is 2.01. The van der Waals surface area contributed by atoms with Gasteiger partial charge in [-0.2, -0.15) is 0 Å². The van der Waals surface area contributed by atoms with Crippen molar-refractivity contribution in [1.29, 1.82) is 0 Å². The van der Waals surface area contributed by atoms with Gasteiger partial charge in [-0.15, -0.1) is 0 Å². The van der Waals surface area contributed by atoms with Crippen LogP contribution in [0.15, 0.2) is 24.3 Å². The van der Waals surface area contributed by atoms with Crippen LogP contribution < -0.4 is 4.74 Å². The van der Waals surface area contributed by atoms with Crippen molar-refractivity contribution in [3.05, 3.63) is 29.8 Å². The first-order valence-corrected chi connectivity index (χ1v) is 4.96. The van der Waals surface area contributed by atoms with Crippen LogP contribution in [-0.2, 0) is 14.3 Å².